The number of aromatic nitrogens is 3. The number of ether oxygens (including phenoxy) is 1. The third kappa shape index (κ3) is 2.80. The zero-order valence-corrected chi connectivity index (χ0v) is 12.2. The van der Waals surface area contributed by atoms with Gasteiger partial charge in [0.25, 0.3) is 0 Å². The van der Waals surface area contributed by atoms with Gasteiger partial charge in [0, 0.05) is 38.6 Å². The second-order valence-corrected chi connectivity index (χ2v) is 5.24. The summed E-state index contributed by atoms with van der Waals surface area (Å²) in [5.41, 5.74) is 2.14. The van der Waals surface area contributed by atoms with Crippen LogP contribution in [0.3, 0.4) is 0 Å². The van der Waals surface area contributed by atoms with Gasteiger partial charge in [0.05, 0.1) is 0 Å². The van der Waals surface area contributed by atoms with Crippen LogP contribution in [-0.4, -0.2) is 34.3 Å². The minimum atomic E-state index is 0.125. The number of carbonyl (C=O) groups excluding carboxylic acids is 1. The van der Waals surface area contributed by atoms with Gasteiger partial charge in [0.15, 0.2) is 11.6 Å². The van der Waals surface area contributed by atoms with E-state index in [1.54, 1.807) is 11.8 Å². The molecule has 1 aromatic heterocycles. The molecule has 1 N–H and O–H groups in total. The van der Waals surface area contributed by atoms with Crippen molar-refractivity contribution in [2.45, 2.75) is 18.9 Å². The predicted molar refractivity (Wildman–Crippen MR) is 77.5 cm³/mol. The van der Waals surface area contributed by atoms with Crippen LogP contribution < -0.4 is 5.32 Å². The van der Waals surface area contributed by atoms with Crippen molar-refractivity contribution < 1.29 is 9.53 Å². The van der Waals surface area contributed by atoms with Gasteiger partial charge in [-0.3, -0.25) is 9.48 Å². The summed E-state index contributed by atoms with van der Waals surface area (Å²) in [6, 6.07) is 8.10. The van der Waals surface area contributed by atoms with Gasteiger partial charge < -0.3 is 10.1 Å². The number of carbonyl (C=O) groups is 1. The van der Waals surface area contributed by atoms with E-state index in [2.05, 4.69) is 15.4 Å². The molecule has 6 heteroatoms. The van der Waals surface area contributed by atoms with Gasteiger partial charge in [-0.25, -0.2) is 4.98 Å². The Balaban J connectivity index is 1.80. The van der Waals surface area contributed by atoms with Crippen molar-refractivity contribution in [3.05, 3.63) is 35.7 Å². The molecule has 0 spiro atoms. The zero-order chi connectivity index (χ0) is 14.8. The Hall–Kier alpha value is -2.21. The lowest BCUT2D eigenvalue weighted by atomic mass is 9.97. The average Bonchev–Trinajstić information content (AvgIpc) is 3.07. The van der Waals surface area contributed by atoms with E-state index in [1.807, 2.05) is 31.3 Å². The second kappa shape index (κ2) is 5.65. The van der Waals surface area contributed by atoms with E-state index in [9.17, 15) is 4.79 Å². The van der Waals surface area contributed by atoms with Crippen LogP contribution in [0.5, 0.6) is 0 Å². The van der Waals surface area contributed by atoms with Gasteiger partial charge in [0.2, 0.25) is 5.91 Å². The Morgan fingerprint density at radius 1 is 1.38 bits per heavy atom. The maximum absolute atomic E-state index is 11.3. The highest BCUT2D eigenvalue weighted by Gasteiger charge is 2.22. The molecule has 1 aliphatic rings. The van der Waals surface area contributed by atoms with E-state index < -0.39 is 0 Å². The van der Waals surface area contributed by atoms with Crippen molar-refractivity contribution in [2.75, 3.05) is 13.7 Å². The summed E-state index contributed by atoms with van der Waals surface area (Å²) in [6.45, 7) is 1.16. The largest absolute Gasteiger partial charge is 0.377 e. The Morgan fingerprint density at radius 3 is 2.76 bits per heavy atom. The van der Waals surface area contributed by atoms with Crippen molar-refractivity contribution >= 4 is 5.91 Å². The molecule has 110 valence electrons. The molecule has 1 aliphatic heterocycles. The number of amides is 1. The topological polar surface area (TPSA) is 69.0 Å². The van der Waals surface area contributed by atoms with Gasteiger partial charge in [-0.15, -0.1) is 0 Å². The number of nitrogens with zero attached hydrogens (tertiary/aromatic N) is 3. The summed E-state index contributed by atoms with van der Waals surface area (Å²) < 4.78 is 6.82. The lowest BCUT2D eigenvalue weighted by molar-refractivity contribution is -0.119. The molecule has 1 amide bonds. The molecule has 1 saturated heterocycles. The molecular weight excluding hydrogens is 268 g/mol. The molecule has 2 aromatic rings. The smallest absolute Gasteiger partial charge is 0.220 e. The first-order chi connectivity index (χ1) is 10.2. The molecule has 1 fully saturated rings. The number of benzene rings is 1. The number of aryl methyl sites for hydroxylation is 1. The van der Waals surface area contributed by atoms with Crippen LogP contribution >= 0.6 is 0 Å². The van der Waals surface area contributed by atoms with Gasteiger partial charge in [-0.2, -0.15) is 5.10 Å². The lowest BCUT2D eigenvalue weighted by Crippen LogP contribution is -2.13. The third-order valence-electron chi connectivity index (χ3n) is 3.74. The summed E-state index contributed by atoms with van der Waals surface area (Å²) in [4.78, 5) is 15.7. The number of hydrogen-bond donors (Lipinski definition) is 1. The first kappa shape index (κ1) is 13.8. The first-order valence-electron chi connectivity index (χ1n) is 6.93. The number of nitrogens with one attached hydrogen (secondary N) is 1. The molecule has 1 atom stereocenters. The minimum Gasteiger partial charge on any atom is -0.377 e. The molecule has 2 heterocycles. The fourth-order valence-electron chi connectivity index (χ4n) is 2.54. The number of rotatable bonds is 4. The van der Waals surface area contributed by atoms with Crippen LogP contribution in [0.2, 0.25) is 0 Å². The third-order valence-corrected chi connectivity index (χ3v) is 3.74. The molecule has 0 bridgehead atoms. The molecule has 1 unspecified atom stereocenters. The maximum atomic E-state index is 11.3. The Morgan fingerprint density at radius 2 is 2.14 bits per heavy atom. The van der Waals surface area contributed by atoms with Gasteiger partial charge in [-0.05, 0) is 5.56 Å². The van der Waals surface area contributed by atoms with E-state index in [4.69, 9.17) is 4.74 Å². The van der Waals surface area contributed by atoms with Crippen LogP contribution in [0.15, 0.2) is 24.3 Å². The molecule has 6 nitrogen and oxygen atoms in total. The molecule has 0 aliphatic carbocycles. The molecule has 0 radical (unpaired) electrons. The standard InChI is InChI=1S/C15H18N4O2/c1-19-13(9-21-2)17-15(18-19)11-5-3-10(4-6-11)12-7-14(20)16-8-12/h3-6,12H,7-9H2,1-2H3,(H,16,20). The summed E-state index contributed by atoms with van der Waals surface area (Å²) in [6.07, 6.45) is 0.569. The van der Waals surface area contributed by atoms with Crippen molar-refractivity contribution in [3.63, 3.8) is 0 Å². The summed E-state index contributed by atoms with van der Waals surface area (Å²) in [7, 11) is 3.50. The van der Waals surface area contributed by atoms with E-state index >= 15 is 0 Å². The fraction of sp³-hybridized carbons (Fsp3) is 0.400. The average molecular weight is 286 g/mol. The van der Waals surface area contributed by atoms with Crippen molar-refractivity contribution in [1.82, 2.24) is 20.1 Å². The predicted octanol–water partition coefficient (Wildman–Crippen LogP) is 1.23. The highest BCUT2D eigenvalue weighted by molar-refractivity contribution is 5.79. The van der Waals surface area contributed by atoms with Crippen LogP contribution in [0.25, 0.3) is 11.4 Å². The summed E-state index contributed by atoms with van der Waals surface area (Å²) in [5, 5.41) is 7.26. The maximum Gasteiger partial charge on any atom is 0.220 e. The molecule has 3 rings (SSSR count). The first-order valence-corrected chi connectivity index (χ1v) is 6.93. The van der Waals surface area contributed by atoms with Gasteiger partial charge in [-0.1, -0.05) is 24.3 Å². The van der Waals surface area contributed by atoms with E-state index in [1.165, 1.54) is 5.56 Å². The van der Waals surface area contributed by atoms with Crippen LogP contribution in [0.1, 0.15) is 23.7 Å². The van der Waals surface area contributed by atoms with Crippen LogP contribution in [-0.2, 0) is 23.2 Å². The monoisotopic (exact) mass is 286 g/mol. The Bertz CT molecular complexity index is 648. The van der Waals surface area contributed by atoms with Crippen molar-refractivity contribution in [2.24, 2.45) is 7.05 Å². The van der Waals surface area contributed by atoms with E-state index in [0.29, 0.717) is 18.9 Å². The SMILES string of the molecule is COCc1nc(-c2ccc(C3CNC(=O)C3)cc2)nn1C. The molecule has 21 heavy (non-hydrogen) atoms. The summed E-state index contributed by atoms with van der Waals surface area (Å²) >= 11 is 0. The van der Waals surface area contributed by atoms with Crippen molar-refractivity contribution in [1.29, 1.82) is 0 Å². The zero-order valence-electron chi connectivity index (χ0n) is 12.2. The quantitative estimate of drug-likeness (QED) is 0.918. The number of methoxy groups -OCH3 is 1. The Labute approximate surface area is 123 Å². The molecular formula is C15H18N4O2. The lowest BCUT2D eigenvalue weighted by Gasteiger charge is -2.07. The highest BCUT2D eigenvalue weighted by Crippen LogP contribution is 2.25. The molecule has 1 aromatic carbocycles. The van der Waals surface area contributed by atoms with E-state index in [0.717, 1.165) is 17.9 Å². The van der Waals surface area contributed by atoms with Crippen molar-refractivity contribution in [3.8, 4) is 11.4 Å². The van der Waals surface area contributed by atoms with E-state index in [-0.39, 0.29) is 11.8 Å². The fourth-order valence-corrected chi connectivity index (χ4v) is 2.54. The molecule has 0 saturated carbocycles. The van der Waals surface area contributed by atoms with Crippen LogP contribution in [0, 0.1) is 0 Å². The highest BCUT2D eigenvalue weighted by atomic mass is 16.5. The normalized spacial score (nSPS) is 18.0. The van der Waals surface area contributed by atoms with Crippen LogP contribution in [0.4, 0.5) is 0 Å². The summed E-state index contributed by atoms with van der Waals surface area (Å²) in [5.74, 6) is 1.88. The Kier molecular flexibility index (Phi) is 3.70. The van der Waals surface area contributed by atoms with Gasteiger partial charge in [0.1, 0.15) is 6.61 Å². The number of hydrogen-bond acceptors (Lipinski definition) is 4. The minimum absolute atomic E-state index is 0.125. The van der Waals surface area contributed by atoms with Gasteiger partial charge >= 0.3 is 0 Å². The second-order valence-electron chi connectivity index (χ2n) is 5.24.